The van der Waals surface area contributed by atoms with Gasteiger partial charge in [-0.1, -0.05) is 33.6 Å². The van der Waals surface area contributed by atoms with E-state index in [4.69, 9.17) is 0 Å². The maximum absolute atomic E-state index is 13.0. The summed E-state index contributed by atoms with van der Waals surface area (Å²) in [4.78, 5) is 12.8. The van der Waals surface area contributed by atoms with E-state index in [1.807, 2.05) is 31.2 Å². The van der Waals surface area contributed by atoms with Crippen LogP contribution in [0, 0.1) is 6.92 Å². The van der Waals surface area contributed by atoms with Crippen molar-refractivity contribution < 1.29 is 13.2 Å². The van der Waals surface area contributed by atoms with E-state index >= 15 is 0 Å². The first-order chi connectivity index (χ1) is 13.8. The Balaban J connectivity index is 1.58. The number of hydrogen-bond acceptors (Lipinski definition) is 3. The number of sulfonamides is 1. The average molecular weight is 471 g/mol. The smallest absolute Gasteiger partial charge is 0.264 e. The second-order valence-corrected chi connectivity index (χ2v) is 9.72. The molecule has 5 nitrogen and oxygen atoms in total. The molecule has 0 saturated carbocycles. The Morgan fingerprint density at radius 3 is 2.38 bits per heavy atom. The van der Waals surface area contributed by atoms with Crippen LogP contribution in [0.15, 0.2) is 76.1 Å². The van der Waals surface area contributed by atoms with Crippen LogP contribution in [0.1, 0.15) is 21.5 Å². The molecular formula is C22H19BrN2O3S. The van der Waals surface area contributed by atoms with Crippen LogP contribution in [0.2, 0.25) is 0 Å². The molecule has 4 rings (SSSR count). The molecule has 1 aliphatic rings. The fourth-order valence-electron chi connectivity index (χ4n) is 3.34. The van der Waals surface area contributed by atoms with Crippen LogP contribution >= 0.6 is 15.9 Å². The van der Waals surface area contributed by atoms with Gasteiger partial charge in [0.15, 0.2) is 0 Å². The molecule has 0 spiro atoms. The van der Waals surface area contributed by atoms with Crippen LogP contribution in [0.25, 0.3) is 0 Å². The van der Waals surface area contributed by atoms with Crippen LogP contribution in [-0.2, 0) is 16.4 Å². The largest absolute Gasteiger partial charge is 0.322 e. The van der Waals surface area contributed by atoms with Crippen molar-refractivity contribution >= 4 is 43.2 Å². The van der Waals surface area contributed by atoms with E-state index < -0.39 is 10.0 Å². The molecule has 148 valence electrons. The molecule has 0 atom stereocenters. The number of amides is 1. The van der Waals surface area contributed by atoms with Crippen molar-refractivity contribution in [1.29, 1.82) is 0 Å². The minimum Gasteiger partial charge on any atom is -0.322 e. The molecule has 29 heavy (non-hydrogen) atoms. The van der Waals surface area contributed by atoms with Gasteiger partial charge in [-0.25, -0.2) is 8.42 Å². The summed E-state index contributed by atoms with van der Waals surface area (Å²) in [6, 6.07) is 19.3. The summed E-state index contributed by atoms with van der Waals surface area (Å²) >= 11 is 3.37. The topological polar surface area (TPSA) is 66.5 Å². The molecule has 7 heteroatoms. The van der Waals surface area contributed by atoms with Crippen molar-refractivity contribution in [2.75, 3.05) is 16.2 Å². The van der Waals surface area contributed by atoms with Crippen LogP contribution in [0.3, 0.4) is 0 Å². The van der Waals surface area contributed by atoms with Crippen LogP contribution in [-0.4, -0.2) is 20.9 Å². The van der Waals surface area contributed by atoms with Gasteiger partial charge in [0.1, 0.15) is 0 Å². The number of halogens is 1. The zero-order chi connectivity index (χ0) is 20.6. The van der Waals surface area contributed by atoms with Crippen molar-refractivity contribution in [1.82, 2.24) is 0 Å². The highest BCUT2D eigenvalue weighted by Gasteiger charge is 2.31. The lowest BCUT2D eigenvalue weighted by Gasteiger charge is -2.20. The third kappa shape index (κ3) is 3.93. The number of fused-ring (bicyclic) bond motifs is 1. The molecule has 0 radical (unpaired) electrons. The Bertz CT molecular complexity index is 1170. The third-order valence-corrected chi connectivity index (χ3v) is 7.26. The molecule has 0 aromatic heterocycles. The molecule has 1 aliphatic heterocycles. The number of rotatable bonds is 4. The molecule has 0 bridgehead atoms. The van der Waals surface area contributed by atoms with Crippen molar-refractivity contribution in [3.63, 3.8) is 0 Å². The van der Waals surface area contributed by atoms with Crippen LogP contribution < -0.4 is 9.62 Å². The van der Waals surface area contributed by atoms with E-state index in [9.17, 15) is 13.2 Å². The SMILES string of the molecule is Cc1ccc(S(=O)(=O)N2CCc3cc(C(=O)Nc4ccc(Br)cc4)ccc32)cc1. The first kappa shape index (κ1) is 19.7. The lowest BCUT2D eigenvalue weighted by atomic mass is 10.1. The van der Waals surface area contributed by atoms with Gasteiger partial charge in [0, 0.05) is 22.3 Å². The van der Waals surface area contributed by atoms with E-state index in [0.29, 0.717) is 29.9 Å². The zero-order valence-corrected chi connectivity index (χ0v) is 18.1. The second kappa shape index (κ2) is 7.65. The number of aryl methyl sites for hydroxylation is 1. The normalized spacial score (nSPS) is 13.2. The van der Waals surface area contributed by atoms with E-state index in [1.54, 1.807) is 42.5 Å². The minimum atomic E-state index is -3.63. The highest BCUT2D eigenvalue weighted by molar-refractivity contribution is 9.10. The Kier molecular flexibility index (Phi) is 5.19. The first-order valence-electron chi connectivity index (χ1n) is 9.14. The number of hydrogen-bond donors (Lipinski definition) is 1. The summed E-state index contributed by atoms with van der Waals surface area (Å²) in [6.45, 7) is 2.28. The van der Waals surface area contributed by atoms with Gasteiger partial charge in [-0.15, -0.1) is 0 Å². The van der Waals surface area contributed by atoms with Gasteiger partial charge in [0.05, 0.1) is 10.6 Å². The molecule has 3 aromatic carbocycles. The number of nitrogens with zero attached hydrogens (tertiary/aromatic N) is 1. The number of carbonyl (C=O) groups is 1. The fourth-order valence-corrected chi connectivity index (χ4v) is 5.10. The lowest BCUT2D eigenvalue weighted by molar-refractivity contribution is 0.102. The number of nitrogens with one attached hydrogen (secondary N) is 1. The molecule has 1 N–H and O–H groups in total. The first-order valence-corrected chi connectivity index (χ1v) is 11.4. The summed E-state index contributed by atoms with van der Waals surface area (Å²) in [5, 5.41) is 2.86. The van der Waals surface area contributed by atoms with Gasteiger partial charge in [0.2, 0.25) is 0 Å². The monoisotopic (exact) mass is 470 g/mol. The summed E-state index contributed by atoms with van der Waals surface area (Å²) in [7, 11) is -3.63. The molecule has 3 aromatic rings. The van der Waals surface area contributed by atoms with Gasteiger partial charge < -0.3 is 5.32 Å². The van der Waals surface area contributed by atoms with Crippen LogP contribution in [0.5, 0.6) is 0 Å². The lowest BCUT2D eigenvalue weighted by Crippen LogP contribution is -2.29. The molecule has 1 amide bonds. The maximum Gasteiger partial charge on any atom is 0.264 e. The molecule has 0 aliphatic carbocycles. The van der Waals surface area contributed by atoms with E-state index in [0.717, 1.165) is 15.6 Å². The zero-order valence-electron chi connectivity index (χ0n) is 15.7. The van der Waals surface area contributed by atoms with Gasteiger partial charge in [0.25, 0.3) is 15.9 Å². The standard InChI is InChI=1S/C22H19BrN2O3S/c1-15-2-9-20(10-3-15)29(27,28)25-13-12-16-14-17(4-11-21(16)25)22(26)24-19-7-5-18(23)6-8-19/h2-11,14H,12-13H2,1H3,(H,24,26). The third-order valence-electron chi connectivity index (χ3n) is 4.91. The fraction of sp³-hybridized carbons (Fsp3) is 0.136. The molecular weight excluding hydrogens is 452 g/mol. The molecule has 0 unspecified atom stereocenters. The van der Waals surface area contributed by atoms with Gasteiger partial charge in [-0.3, -0.25) is 9.10 Å². The Morgan fingerprint density at radius 1 is 1.00 bits per heavy atom. The molecule has 0 saturated heterocycles. The van der Waals surface area contributed by atoms with E-state index in [2.05, 4.69) is 21.2 Å². The summed E-state index contributed by atoms with van der Waals surface area (Å²) in [5.41, 5.74) is 3.69. The number of carbonyl (C=O) groups excluding carboxylic acids is 1. The summed E-state index contributed by atoms with van der Waals surface area (Å²) < 4.78 is 28.4. The Hall–Kier alpha value is -2.64. The highest BCUT2D eigenvalue weighted by Crippen LogP contribution is 2.33. The summed E-state index contributed by atoms with van der Waals surface area (Å²) in [5.74, 6) is -0.227. The van der Waals surface area contributed by atoms with Crippen molar-refractivity contribution in [2.24, 2.45) is 0 Å². The van der Waals surface area contributed by atoms with Crippen molar-refractivity contribution in [3.05, 3.63) is 87.9 Å². The predicted octanol–water partition coefficient (Wildman–Crippen LogP) is 4.76. The number of anilines is 2. The van der Waals surface area contributed by atoms with Gasteiger partial charge in [-0.05, 0) is 73.5 Å². The molecule has 1 heterocycles. The predicted molar refractivity (Wildman–Crippen MR) is 118 cm³/mol. The van der Waals surface area contributed by atoms with Crippen LogP contribution in [0.4, 0.5) is 11.4 Å². The highest BCUT2D eigenvalue weighted by atomic mass is 79.9. The average Bonchev–Trinajstić information content (AvgIpc) is 3.14. The van der Waals surface area contributed by atoms with Gasteiger partial charge >= 0.3 is 0 Å². The van der Waals surface area contributed by atoms with E-state index in [1.165, 1.54) is 4.31 Å². The Morgan fingerprint density at radius 2 is 1.69 bits per heavy atom. The molecule has 0 fully saturated rings. The Labute approximate surface area is 178 Å². The van der Waals surface area contributed by atoms with Crippen molar-refractivity contribution in [3.8, 4) is 0 Å². The maximum atomic E-state index is 13.0. The minimum absolute atomic E-state index is 0.227. The quantitative estimate of drug-likeness (QED) is 0.597. The van der Waals surface area contributed by atoms with Crippen molar-refractivity contribution in [2.45, 2.75) is 18.2 Å². The number of benzene rings is 3. The summed E-state index contributed by atoms with van der Waals surface area (Å²) in [6.07, 6.45) is 0.569. The second-order valence-electron chi connectivity index (χ2n) is 6.94. The van der Waals surface area contributed by atoms with E-state index in [-0.39, 0.29) is 10.8 Å². The van der Waals surface area contributed by atoms with Gasteiger partial charge in [-0.2, -0.15) is 0 Å².